The Labute approximate surface area is 126 Å². The molecule has 1 fully saturated rings. The topological polar surface area (TPSA) is 75.8 Å². The fraction of sp³-hybridized carbons (Fsp3) is 0.600. The quantitative estimate of drug-likeness (QED) is 0.645. The highest BCUT2D eigenvalue weighted by molar-refractivity contribution is 5.78. The number of hydrogen-bond acceptors (Lipinski definition) is 4. The molecule has 0 saturated carbocycles. The first-order valence-corrected chi connectivity index (χ1v) is 7.31. The van der Waals surface area contributed by atoms with Gasteiger partial charge >= 0.3 is 0 Å². The fourth-order valence-corrected chi connectivity index (χ4v) is 2.11. The molecule has 0 unspecified atom stereocenters. The number of ether oxygens (including phenoxy) is 1. The van der Waals surface area contributed by atoms with Crippen LogP contribution in [0.3, 0.4) is 0 Å². The van der Waals surface area contributed by atoms with Crippen LogP contribution in [-0.2, 0) is 11.3 Å². The number of aliphatic imine (C=N–C) groups is 1. The summed E-state index contributed by atoms with van der Waals surface area (Å²) in [4.78, 5) is 11.2. The van der Waals surface area contributed by atoms with E-state index in [0.29, 0.717) is 12.5 Å². The maximum Gasteiger partial charge on any atom is 0.189 e. The molecule has 116 valence electrons. The van der Waals surface area contributed by atoms with E-state index in [2.05, 4.69) is 20.2 Å². The van der Waals surface area contributed by atoms with Gasteiger partial charge in [0.2, 0.25) is 0 Å². The van der Waals surface area contributed by atoms with Crippen LogP contribution < -0.4 is 16.0 Å². The van der Waals surface area contributed by atoms with Crippen molar-refractivity contribution in [3.8, 4) is 0 Å². The second-order valence-electron chi connectivity index (χ2n) is 6.16. The minimum absolute atomic E-state index is 0.0866. The molecule has 0 spiro atoms. The predicted octanol–water partition coefficient (Wildman–Crippen LogP) is 1.12. The Morgan fingerprint density at radius 3 is 2.76 bits per heavy atom. The van der Waals surface area contributed by atoms with Crippen LogP contribution in [-0.4, -0.2) is 42.8 Å². The van der Waals surface area contributed by atoms with Gasteiger partial charge in [-0.25, -0.2) is 9.98 Å². The van der Waals surface area contributed by atoms with E-state index in [1.165, 1.54) is 0 Å². The Kier molecular flexibility index (Phi) is 5.01. The van der Waals surface area contributed by atoms with E-state index in [4.69, 9.17) is 10.5 Å². The Hall–Kier alpha value is -1.82. The van der Waals surface area contributed by atoms with Crippen LogP contribution in [0, 0.1) is 0 Å². The Morgan fingerprint density at radius 2 is 2.10 bits per heavy atom. The van der Waals surface area contributed by atoms with Gasteiger partial charge in [0.1, 0.15) is 5.82 Å². The van der Waals surface area contributed by atoms with Crippen molar-refractivity contribution in [2.75, 3.05) is 31.2 Å². The summed E-state index contributed by atoms with van der Waals surface area (Å²) < 4.78 is 5.36. The molecule has 1 saturated heterocycles. The van der Waals surface area contributed by atoms with Crippen molar-refractivity contribution in [3.63, 3.8) is 0 Å². The highest BCUT2D eigenvalue weighted by atomic mass is 16.5. The zero-order valence-electron chi connectivity index (χ0n) is 13.1. The summed E-state index contributed by atoms with van der Waals surface area (Å²) in [5.74, 6) is 1.43. The number of nitrogens with two attached hydrogens (primary N) is 1. The van der Waals surface area contributed by atoms with Gasteiger partial charge in [-0.1, -0.05) is 6.07 Å². The number of nitrogens with one attached hydrogen (secondary N) is 1. The first kappa shape index (κ1) is 15.6. The lowest BCUT2D eigenvalue weighted by Crippen LogP contribution is -2.45. The first-order valence-electron chi connectivity index (χ1n) is 7.31. The van der Waals surface area contributed by atoms with E-state index in [1.807, 2.05) is 39.0 Å². The van der Waals surface area contributed by atoms with E-state index in [1.54, 1.807) is 0 Å². The van der Waals surface area contributed by atoms with E-state index < -0.39 is 0 Å². The third-order valence-corrected chi connectivity index (χ3v) is 3.04. The number of nitrogens with zero attached hydrogens (tertiary/aromatic N) is 3. The monoisotopic (exact) mass is 291 g/mol. The van der Waals surface area contributed by atoms with Gasteiger partial charge in [0, 0.05) is 18.6 Å². The second-order valence-corrected chi connectivity index (χ2v) is 6.16. The molecule has 2 rings (SSSR count). The number of rotatable bonds is 3. The van der Waals surface area contributed by atoms with Crippen molar-refractivity contribution in [2.45, 2.75) is 32.9 Å². The minimum Gasteiger partial charge on any atom is -0.378 e. The SMILES string of the molecule is CC(C)(C)NC(N)=NCc1cccc(N2CCOCC2)n1. The molecular formula is C15H25N5O. The van der Waals surface area contributed by atoms with Gasteiger partial charge in [0.05, 0.1) is 25.5 Å². The fourth-order valence-electron chi connectivity index (χ4n) is 2.11. The van der Waals surface area contributed by atoms with Gasteiger partial charge in [-0.05, 0) is 32.9 Å². The van der Waals surface area contributed by atoms with Gasteiger partial charge in [-0.2, -0.15) is 0 Å². The van der Waals surface area contributed by atoms with E-state index in [9.17, 15) is 0 Å². The third kappa shape index (κ3) is 5.23. The summed E-state index contributed by atoms with van der Waals surface area (Å²) in [6.45, 7) is 9.90. The number of hydrogen-bond donors (Lipinski definition) is 2. The molecular weight excluding hydrogens is 266 g/mol. The Morgan fingerprint density at radius 1 is 1.38 bits per heavy atom. The van der Waals surface area contributed by atoms with Crippen molar-refractivity contribution in [3.05, 3.63) is 23.9 Å². The van der Waals surface area contributed by atoms with Gasteiger partial charge < -0.3 is 20.7 Å². The van der Waals surface area contributed by atoms with Gasteiger partial charge in [0.15, 0.2) is 5.96 Å². The lowest BCUT2D eigenvalue weighted by atomic mass is 10.1. The van der Waals surface area contributed by atoms with Crippen molar-refractivity contribution < 1.29 is 4.74 Å². The molecule has 2 heterocycles. The Bertz CT molecular complexity index is 489. The highest BCUT2D eigenvalue weighted by Crippen LogP contribution is 2.13. The minimum atomic E-state index is -0.0866. The molecule has 0 aliphatic carbocycles. The molecule has 1 aromatic heterocycles. The van der Waals surface area contributed by atoms with E-state index >= 15 is 0 Å². The molecule has 21 heavy (non-hydrogen) atoms. The zero-order valence-corrected chi connectivity index (χ0v) is 13.1. The molecule has 0 bridgehead atoms. The maximum atomic E-state index is 5.87. The standard InChI is InChI=1S/C15H25N5O/c1-15(2,3)19-14(16)17-11-12-5-4-6-13(18-12)20-7-9-21-10-8-20/h4-6H,7-11H2,1-3H3,(H3,16,17,19). The average molecular weight is 291 g/mol. The van der Waals surface area contributed by atoms with Crippen LogP contribution in [0.15, 0.2) is 23.2 Å². The Balaban J connectivity index is 1.99. The molecule has 1 aliphatic rings. The maximum absolute atomic E-state index is 5.87. The number of guanidine groups is 1. The summed E-state index contributed by atoms with van der Waals surface area (Å²) in [6.07, 6.45) is 0. The van der Waals surface area contributed by atoms with Crippen LogP contribution in [0.2, 0.25) is 0 Å². The van der Waals surface area contributed by atoms with Crippen LogP contribution >= 0.6 is 0 Å². The molecule has 0 aromatic carbocycles. The van der Waals surface area contributed by atoms with Crippen molar-refractivity contribution >= 4 is 11.8 Å². The number of morpholine rings is 1. The molecule has 0 amide bonds. The van der Waals surface area contributed by atoms with Gasteiger partial charge in [-0.15, -0.1) is 0 Å². The molecule has 0 radical (unpaired) electrons. The smallest absolute Gasteiger partial charge is 0.189 e. The van der Waals surface area contributed by atoms with Crippen molar-refractivity contribution in [1.29, 1.82) is 0 Å². The second kappa shape index (κ2) is 6.76. The number of pyridine rings is 1. The summed E-state index contributed by atoms with van der Waals surface area (Å²) in [5, 5.41) is 3.14. The van der Waals surface area contributed by atoms with Gasteiger partial charge in [0.25, 0.3) is 0 Å². The summed E-state index contributed by atoms with van der Waals surface area (Å²) in [5.41, 5.74) is 6.70. The molecule has 1 aliphatic heterocycles. The molecule has 3 N–H and O–H groups in total. The number of anilines is 1. The molecule has 6 nitrogen and oxygen atoms in total. The summed E-state index contributed by atoms with van der Waals surface area (Å²) in [6, 6.07) is 6.00. The average Bonchev–Trinajstić information content (AvgIpc) is 2.45. The largest absolute Gasteiger partial charge is 0.378 e. The van der Waals surface area contributed by atoms with Crippen LogP contribution in [0.25, 0.3) is 0 Å². The predicted molar refractivity (Wildman–Crippen MR) is 85.5 cm³/mol. The first-order chi connectivity index (χ1) is 9.94. The van der Waals surface area contributed by atoms with Crippen LogP contribution in [0.1, 0.15) is 26.5 Å². The van der Waals surface area contributed by atoms with E-state index in [-0.39, 0.29) is 5.54 Å². The van der Waals surface area contributed by atoms with Crippen LogP contribution in [0.4, 0.5) is 5.82 Å². The lowest BCUT2D eigenvalue weighted by molar-refractivity contribution is 0.122. The third-order valence-electron chi connectivity index (χ3n) is 3.04. The van der Waals surface area contributed by atoms with E-state index in [0.717, 1.165) is 37.8 Å². The molecule has 0 atom stereocenters. The number of aromatic nitrogens is 1. The highest BCUT2D eigenvalue weighted by Gasteiger charge is 2.13. The summed E-state index contributed by atoms with van der Waals surface area (Å²) >= 11 is 0. The van der Waals surface area contributed by atoms with Crippen molar-refractivity contribution in [2.24, 2.45) is 10.7 Å². The normalized spacial score (nSPS) is 16.9. The lowest BCUT2D eigenvalue weighted by Gasteiger charge is -2.28. The molecule has 1 aromatic rings. The zero-order chi connectivity index (χ0) is 15.3. The summed E-state index contributed by atoms with van der Waals surface area (Å²) in [7, 11) is 0. The van der Waals surface area contributed by atoms with Gasteiger partial charge in [-0.3, -0.25) is 0 Å². The van der Waals surface area contributed by atoms with Crippen molar-refractivity contribution in [1.82, 2.24) is 10.3 Å². The van der Waals surface area contributed by atoms with Crippen LogP contribution in [0.5, 0.6) is 0 Å². The molecule has 6 heteroatoms.